The Morgan fingerprint density at radius 1 is 1.09 bits per heavy atom. The number of nitrogens with zero attached hydrogens (tertiary/aromatic N) is 6. The fourth-order valence-electron chi connectivity index (χ4n) is 4.04. The van der Waals surface area contributed by atoms with E-state index in [1.54, 1.807) is 23.6 Å². The molecule has 0 spiro atoms. The summed E-state index contributed by atoms with van der Waals surface area (Å²) < 4.78 is 45.3. The van der Waals surface area contributed by atoms with Crippen molar-refractivity contribution in [2.75, 3.05) is 21.3 Å². The van der Waals surface area contributed by atoms with Crippen LogP contribution in [0.2, 0.25) is 5.02 Å². The van der Waals surface area contributed by atoms with Crippen molar-refractivity contribution in [3.8, 4) is 17.4 Å². The zero-order valence-electron chi connectivity index (χ0n) is 19.9. The molecule has 3 aromatic heterocycles. The van der Waals surface area contributed by atoms with Gasteiger partial charge in [0.05, 0.1) is 30.2 Å². The van der Waals surface area contributed by atoms with Gasteiger partial charge in [0.1, 0.15) is 24.0 Å². The van der Waals surface area contributed by atoms with E-state index in [2.05, 4.69) is 25.1 Å². The molecule has 0 aromatic carbocycles. The highest BCUT2D eigenvalue weighted by Gasteiger charge is 2.36. The summed E-state index contributed by atoms with van der Waals surface area (Å²) in [6, 6.07) is 3.29. The maximum atomic E-state index is 13.6. The van der Waals surface area contributed by atoms with Crippen molar-refractivity contribution in [1.29, 1.82) is 0 Å². The van der Waals surface area contributed by atoms with E-state index in [0.717, 1.165) is 19.3 Å². The van der Waals surface area contributed by atoms with Gasteiger partial charge in [0.15, 0.2) is 21.3 Å². The second-order valence-electron chi connectivity index (χ2n) is 8.25. The van der Waals surface area contributed by atoms with Gasteiger partial charge in [0.25, 0.3) is 0 Å². The lowest BCUT2D eigenvalue weighted by molar-refractivity contribution is 0.0987. The van der Waals surface area contributed by atoms with Crippen molar-refractivity contribution in [1.82, 2.24) is 29.7 Å². The molecule has 1 aliphatic rings. The minimum atomic E-state index is -3.80. The van der Waals surface area contributed by atoms with E-state index in [-0.39, 0.29) is 23.5 Å². The van der Waals surface area contributed by atoms with Crippen molar-refractivity contribution in [3.63, 3.8) is 0 Å². The number of hydrogen-bond acceptors (Lipinski definition) is 10. The monoisotopic (exact) mass is 522 g/mol. The highest BCUT2D eigenvalue weighted by atomic mass is 35.5. The van der Waals surface area contributed by atoms with Crippen LogP contribution in [-0.4, -0.2) is 64.7 Å². The molecule has 0 radical (unpaired) electrons. The van der Waals surface area contributed by atoms with E-state index in [4.69, 9.17) is 25.8 Å². The van der Waals surface area contributed by atoms with Crippen LogP contribution >= 0.6 is 11.6 Å². The van der Waals surface area contributed by atoms with Gasteiger partial charge >= 0.3 is 0 Å². The van der Waals surface area contributed by atoms with E-state index < -0.39 is 26.9 Å². The summed E-state index contributed by atoms with van der Waals surface area (Å²) in [6.07, 6.45) is 4.88. The molecule has 2 atom stereocenters. The highest BCUT2D eigenvalue weighted by Crippen LogP contribution is 2.40. The van der Waals surface area contributed by atoms with Crippen molar-refractivity contribution >= 4 is 21.4 Å². The molecule has 13 heteroatoms. The van der Waals surface area contributed by atoms with Gasteiger partial charge in [0, 0.05) is 19.2 Å². The molecule has 0 bridgehead atoms. The first-order valence-electron chi connectivity index (χ1n) is 11.0. The summed E-state index contributed by atoms with van der Waals surface area (Å²) in [4.78, 5) is 12.6. The summed E-state index contributed by atoms with van der Waals surface area (Å²) in [6.45, 7) is 1.58. The molecule has 1 fully saturated rings. The van der Waals surface area contributed by atoms with E-state index in [0.29, 0.717) is 22.2 Å². The topological polar surface area (TPSA) is 131 Å². The first-order valence-corrected chi connectivity index (χ1v) is 13.1. The molecule has 3 aromatic rings. The molecule has 1 saturated carbocycles. The van der Waals surface area contributed by atoms with Gasteiger partial charge in [-0.15, -0.1) is 10.2 Å². The molecule has 4 rings (SSSR count). The molecule has 1 aliphatic carbocycles. The summed E-state index contributed by atoms with van der Waals surface area (Å²) >= 11 is 5.94. The van der Waals surface area contributed by atoms with Crippen LogP contribution in [0.4, 0.5) is 0 Å². The minimum Gasteiger partial charge on any atom is -0.479 e. The highest BCUT2D eigenvalue weighted by molar-refractivity contribution is 7.91. The molecular formula is C22H27ClN6O5S. The van der Waals surface area contributed by atoms with Gasteiger partial charge in [-0.3, -0.25) is 9.55 Å². The fourth-order valence-corrected chi connectivity index (χ4v) is 5.59. The zero-order valence-corrected chi connectivity index (χ0v) is 21.5. The summed E-state index contributed by atoms with van der Waals surface area (Å²) in [7, 11) is 0.592. The van der Waals surface area contributed by atoms with Gasteiger partial charge in [-0.2, -0.15) is 9.97 Å². The number of ether oxygens (including phenoxy) is 3. The number of pyridine rings is 1. The smallest absolute Gasteiger partial charge is 0.245 e. The maximum Gasteiger partial charge on any atom is 0.245 e. The Morgan fingerprint density at radius 2 is 1.77 bits per heavy atom. The first kappa shape index (κ1) is 25.3. The Kier molecular flexibility index (Phi) is 7.53. The summed E-state index contributed by atoms with van der Waals surface area (Å²) in [5.74, 6) is 1.03. The predicted octanol–water partition coefficient (Wildman–Crippen LogP) is 3.08. The van der Waals surface area contributed by atoms with Crippen LogP contribution < -0.4 is 9.47 Å². The number of methoxy groups -OCH3 is 3. The van der Waals surface area contributed by atoms with E-state index >= 15 is 0 Å². The SMILES string of the molecule is COc1ncnc(OC)c1-n1c(CS(=O)(=O)[C@@H](C)[C@H](OC)c2ccc(Cl)cn2)nnc1C1CCC1. The van der Waals surface area contributed by atoms with Crippen LogP contribution in [0.25, 0.3) is 5.69 Å². The standard InChI is InChI=1S/C22H27ClN6O5S/c1-13(19(32-2)16-9-8-15(23)10-24-16)35(30,31)11-17-27-28-20(14-6-5-7-14)29(17)18-21(33-3)25-12-26-22(18)34-4/h8-10,12-14,19H,5-7,11H2,1-4H3/t13-,19-/m0/s1. The number of rotatable bonds is 10. The van der Waals surface area contributed by atoms with Crippen molar-refractivity contribution in [2.24, 2.45) is 0 Å². The van der Waals surface area contributed by atoms with Crippen molar-refractivity contribution < 1.29 is 22.6 Å². The Morgan fingerprint density at radius 3 is 2.29 bits per heavy atom. The Balaban J connectivity index is 1.76. The van der Waals surface area contributed by atoms with Gasteiger partial charge in [-0.05, 0) is 31.9 Å². The third kappa shape index (κ3) is 4.95. The van der Waals surface area contributed by atoms with Gasteiger partial charge in [-0.1, -0.05) is 18.0 Å². The molecule has 0 unspecified atom stereocenters. The molecule has 188 valence electrons. The Bertz CT molecular complexity index is 1260. The van der Waals surface area contributed by atoms with Crippen LogP contribution in [-0.2, 0) is 20.3 Å². The van der Waals surface area contributed by atoms with Crippen LogP contribution in [0, 0.1) is 0 Å². The largest absolute Gasteiger partial charge is 0.479 e. The Hall–Kier alpha value is -2.83. The molecule has 35 heavy (non-hydrogen) atoms. The normalized spacial score (nSPS) is 15.9. The molecule has 0 saturated heterocycles. The van der Waals surface area contributed by atoms with Gasteiger partial charge in [0.2, 0.25) is 11.8 Å². The average Bonchev–Trinajstić information content (AvgIpc) is 3.20. The number of hydrogen-bond donors (Lipinski definition) is 0. The van der Waals surface area contributed by atoms with Crippen molar-refractivity contribution in [3.05, 3.63) is 47.0 Å². The molecule has 11 nitrogen and oxygen atoms in total. The fraction of sp³-hybridized carbons (Fsp3) is 0.500. The van der Waals surface area contributed by atoms with E-state index in [1.807, 2.05) is 0 Å². The van der Waals surface area contributed by atoms with Crippen LogP contribution in [0.3, 0.4) is 0 Å². The third-order valence-corrected chi connectivity index (χ3v) is 8.47. The molecule has 0 aliphatic heterocycles. The second kappa shape index (κ2) is 10.4. The van der Waals surface area contributed by atoms with Gasteiger partial charge < -0.3 is 14.2 Å². The third-order valence-electron chi connectivity index (χ3n) is 6.21. The van der Waals surface area contributed by atoms with Crippen molar-refractivity contribution in [2.45, 2.75) is 49.2 Å². The van der Waals surface area contributed by atoms with Crippen LogP contribution in [0.1, 0.15) is 55.6 Å². The molecule has 0 N–H and O–H groups in total. The number of sulfone groups is 1. The Labute approximate surface area is 208 Å². The molecule has 3 heterocycles. The maximum absolute atomic E-state index is 13.6. The average molecular weight is 523 g/mol. The zero-order chi connectivity index (χ0) is 25.2. The predicted molar refractivity (Wildman–Crippen MR) is 128 cm³/mol. The quantitative estimate of drug-likeness (QED) is 0.391. The van der Waals surface area contributed by atoms with E-state index in [9.17, 15) is 8.42 Å². The summed E-state index contributed by atoms with van der Waals surface area (Å²) in [5.41, 5.74) is 0.828. The number of aromatic nitrogens is 6. The van der Waals surface area contributed by atoms with Crippen LogP contribution in [0.5, 0.6) is 11.8 Å². The van der Waals surface area contributed by atoms with Crippen LogP contribution in [0.15, 0.2) is 24.7 Å². The first-order chi connectivity index (χ1) is 16.8. The van der Waals surface area contributed by atoms with E-state index in [1.165, 1.54) is 33.9 Å². The minimum absolute atomic E-state index is 0.135. The second-order valence-corrected chi connectivity index (χ2v) is 11.0. The van der Waals surface area contributed by atoms with Gasteiger partial charge in [-0.25, -0.2) is 8.42 Å². The lowest BCUT2D eigenvalue weighted by atomic mass is 9.85. The lowest BCUT2D eigenvalue weighted by Gasteiger charge is -2.26. The molecule has 0 amide bonds. The number of halogens is 1. The molecular weight excluding hydrogens is 496 g/mol. The lowest BCUT2D eigenvalue weighted by Crippen LogP contribution is -2.29. The summed E-state index contributed by atoms with van der Waals surface area (Å²) in [5, 5.41) is 8.15.